The van der Waals surface area contributed by atoms with Crippen molar-refractivity contribution in [1.82, 2.24) is 9.80 Å². The van der Waals surface area contributed by atoms with Gasteiger partial charge >= 0.3 is 0 Å². The maximum Gasteiger partial charge on any atom is 0.248 e. The molecule has 0 radical (unpaired) electrons. The minimum Gasteiger partial charge on any atom is -0.375 e. The lowest BCUT2D eigenvalue weighted by atomic mass is 9.92. The van der Waals surface area contributed by atoms with Gasteiger partial charge in [0.25, 0.3) is 0 Å². The van der Waals surface area contributed by atoms with E-state index in [0.717, 1.165) is 6.42 Å². The van der Waals surface area contributed by atoms with Crippen molar-refractivity contribution in [2.75, 3.05) is 27.3 Å². The first-order chi connectivity index (χ1) is 11.0. The Morgan fingerprint density at radius 2 is 1.91 bits per heavy atom. The summed E-state index contributed by atoms with van der Waals surface area (Å²) in [6, 6.07) is 10.6. The molecule has 0 spiro atoms. The predicted molar refractivity (Wildman–Crippen MR) is 89.1 cm³/mol. The lowest BCUT2D eigenvalue weighted by Crippen LogP contribution is -2.46. The van der Waals surface area contributed by atoms with Crippen LogP contribution in [0.4, 0.5) is 0 Å². The molecule has 1 aliphatic heterocycles. The number of methoxy groups -OCH3 is 1. The van der Waals surface area contributed by atoms with Gasteiger partial charge in [-0.05, 0) is 25.8 Å². The number of carbonyl (C=O) groups is 2. The largest absolute Gasteiger partial charge is 0.375 e. The minimum absolute atomic E-state index is 0.00152. The van der Waals surface area contributed by atoms with Gasteiger partial charge in [0.2, 0.25) is 11.8 Å². The fourth-order valence-electron chi connectivity index (χ4n) is 3.47. The molecule has 1 saturated heterocycles. The number of hydrogen-bond acceptors (Lipinski definition) is 3. The van der Waals surface area contributed by atoms with Crippen LogP contribution in [0.15, 0.2) is 30.3 Å². The van der Waals surface area contributed by atoms with E-state index in [2.05, 4.69) is 26.0 Å². The van der Waals surface area contributed by atoms with Crippen LogP contribution in [0, 0.1) is 0 Å². The van der Waals surface area contributed by atoms with Crippen LogP contribution in [0.3, 0.4) is 0 Å². The van der Waals surface area contributed by atoms with Gasteiger partial charge in [-0.25, -0.2) is 0 Å². The van der Waals surface area contributed by atoms with Crippen LogP contribution in [0.5, 0.6) is 0 Å². The number of rotatable bonds is 5. The van der Waals surface area contributed by atoms with E-state index < -0.39 is 0 Å². The van der Waals surface area contributed by atoms with E-state index in [4.69, 9.17) is 4.74 Å². The van der Waals surface area contributed by atoms with Gasteiger partial charge in [-0.3, -0.25) is 9.59 Å². The standard InChI is InChI=1S/C18H26N2O3/c1-13-10-16(15-8-6-5-7-9-15)14(2)20(13)17(21)11-19(3)18(22)12-23-4/h5-9,13-14,16H,10-12H2,1-4H3/t13-,14+,16-/m1/s1. The zero-order valence-electron chi connectivity index (χ0n) is 14.4. The number of amides is 2. The molecule has 2 rings (SSSR count). The second-order valence-electron chi connectivity index (χ2n) is 6.33. The number of hydrogen-bond donors (Lipinski definition) is 0. The van der Waals surface area contributed by atoms with Crippen LogP contribution >= 0.6 is 0 Å². The topological polar surface area (TPSA) is 49.9 Å². The van der Waals surface area contributed by atoms with Crippen molar-refractivity contribution in [3.8, 4) is 0 Å². The molecule has 0 aromatic heterocycles. The van der Waals surface area contributed by atoms with E-state index in [1.165, 1.54) is 17.6 Å². The lowest BCUT2D eigenvalue weighted by Gasteiger charge is -2.30. The molecule has 5 heteroatoms. The Morgan fingerprint density at radius 1 is 1.26 bits per heavy atom. The SMILES string of the molecule is COCC(=O)N(C)CC(=O)N1[C@H](C)C[C@@H](c2ccccc2)[C@@H]1C. The second kappa shape index (κ2) is 7.59. The Kier molecular flexibility index (Phi) is 5.77. The van der Waals surface area contributed by atoms with Crippen LogP contribution in [0.1, 0.15) is 31.7 Å². The lowest BCUT2D eigenvalue weighted by molar-refractivity contribution is -0.142. The van der Waals surface area contributed by atoms with Gasteiger partial charge in [-0.1, -0.05) is 30.3 Å². The number of carbonyl (C=O) groups excluding carboxylic acids is 2. The van der Waals surface area contributed by atoms with E-state index in [9.17, 15) is 9.59 Å². The van der Waals surface area contributed by atoms with Crippen molar-refractivity contribution in [1.29, 1.82) is 0 Å². The van der Waals surface area contributed by atoms with Crippen molar-refractivity contribution in [3.05, 3.63) is 35.9 Å². The molecule has 1 fully saturated rings. The molecule has 1 aromatic rings. The summed E-state index contributed by atoms with van der Waals surface area (Å²) in [4.78, 5) is 27.8. The van der Waals surface area contributed by atoms with Gasteiger partial charge in [0.15, 0.2) is 0 Å². The van der Waals surface area contributed by atoms with Crippen LogP contribution in [0.25, 0.3) is 0 Å². The summed E-state index contributed by atoms with van der Waals surface area (Å²) in [6.45, 7) is 4.27. The summed E-state index contributed by atoms with van der Waals surface area (Å²) in [7, 11) is 3.11. The molecule has 0 bridgehead atoms. The summed E-state index contributed by atoms with van der Waals surface area (Å²) in [5, 5.41) is 0. The first-order valence-electron chi connectivity index (χ1n) is 8.04. The zero-order chi connectivity index (χ0) is 17.0. The Hall–Kier alpha value is -1.88. The van der Waals surface area contributed by atoms with Crippen LogP contribution < -0.4 is 0 Å². The highest BCUT2D eigenvalue weighted by Gasteiger charge is 2.39. The molecule has 23 heavy (non-hydrogen) atoms. The quantitative estimate of drug-likeness (QED) is 0.833. The van der Waals surface area contributed by atoms with E-state index in [0.29, 0.717) is 5.92 Å². The fourth-order valence-corrected chi connectivity index (χ4v) is 3.47. The number of likely N-dealkylation sites (N-methyl/N-ethyl adjacent to an activating group) is 1. The Labute approximate surface area is 138 Å². The molecule has 1 heterocycles. The van der Waals surface area contributed by atoms with Crippen LogP contribution in [0.2, 0.25) is 0 Å². The summed E-state index contributed by atoms with van der Waals surface area (Å²) < 4.78 is 4.83. The second-order valence-corrected chi connectivity index (χ2v) is 6.33. The Bertz CT molecular complexity index is 546. The average Bonchev–Trinajstić information content (AvgIpc) is 2.83. The normalized spacial score (nSPS) is 23.8. The molecular formula is C18H26N2O3. The van der Waals surface area contributed by atoms with Gasteiger partial charge in [0.1, 0.15) is 6.61 Å². The molecule has 0 unspecified atom stereocenters. The van der Waals surface area contributed by atoms with Crippen molar-refractivity contribution < 1.29 is 14.3 Å². The van der Waals surface area contributed by atoms with Gasteiger partial charge < -0.3 is 14.5 Å². The number of nitrogens with zero attached hydrogens (tertiary/aromatic N) is 2. The highest BCUT2D eigenvalue weighted by atomic mass is 16.5. The molecule has 0 N–H and O–H groups in total. The van der Waals surface area contributed by atoms with Gasteiger partial charge in [0, 0.05) is 32.2 Å². The van der Waals surface area contributed by atoms with E-state index >= 15 is 0 Å². The summed E-state index contributed by atoms with van der Waals surface area (Å²) in [6.07, 6.45) is 0.951. The third kappa shape index (κ3) is 3.91. The molecule has 0 aliphatic carbocycles. The van der Waals surface area contributed by atoms with Crippen molar-refractivity contribution in [2.24, 2.45) is 0 Å². The van der Waals surface area contributed by atoms with Crippen molar-refractivity contribution >= 4 is 11.8 Å². The first kappa shape index (κ1) is 17.5. The molecule has 0 saturated carbocycles. The summed E-state index contributed by atoms with van der Waals surface area (Å²) in [5.74, 6) is 0.158. The summed E-state index contributed by atoms with van der Waals surface area (Å²) in [5.41, 5.74) is 1.27. The molecule has 126 valence electrons. The highest BCUT2D eigenvalue weighted by molar-refractivity contribution is 5.85. The van der Waals surface area contributed by atoms with Crippen LogP contribution in [-0.4, -0.2) is 61.0 Å². The predicted octanol–water partition coefficient (Wildman–Crippen LogP) is 1.88. The smallest absolute Gasteiger partial charge is 0.248 e. The molecular weight excluding hydrogens is 292 g/mol. The van der Waals surface area contributed by atoms with Gasteiger partial charge in [-0.15, -0.1) is 0 Å². The Balaban J connectivity index is 2.05. The van der Waals surface area contributed by atoms with E-state index in [-0.39, 0.29) is 37.0 Å². The van der Waals surface area contributed by atoms with Crippen molar-refractivity contribution in [2.45, 2.75) is 38.3 Å². The maximum absolute atomic E-state index is 12.7. The van der Waals surface area contributed by atoms with Gasteiger partial charge in [0.05, 0.1) is 6.54 Å². The zero-order valence-corrected chi connectivity index (χ0v) is 14.4. The van der Waals surface area contributed by atoms with Gasteiger partial charge in [-0.2, -0.15) is 0 Å². The van der Waals surface area contributed by atoms with Crippen molar-refractivity contribution in [3.63, 3.8) is 0 Å². The third-order valence-electron chi connectivity index (χ3n) is 4.67. The third-order valence-corrected chi connectivity index (χ3v) is 4.67. The molecule has 2 amide bonds. The average molecular weight is 318 g/mol. The molecule has 3 atom stereocenters. The van der Waals surface area contributed by atoms with Crippen LogP contribution in [-0.2, 0) is 14.3 Å². The molecule has 5 nitrogen and oxygen atoms in total. The maximum atomic E-state index is 12.7. The molecule has 1 aromatic carbocycles. The number of benzene rings is 1. The fraction of sp³-hybridized carbons (Fsp3) is 0.556. The van der Waals surface area contributed by atoms with E-state index in [1.807, 2.05) is 23.1 Å². The summed E-state index contributed by atoms with van der Waals surface area (Å²) >= 11 is 0. The highest BCUT2D eigenvalue weighted by Crippen LogP contribution is 2.37. The van der Waals surface area contributed by atoms with E-state index in [1.54, 1.807) is 7.05 Å². The monoisotopic (exact) mass is 318 g/mol. The minimum atomic E-state index is -0.181. The molecule has 1 aliphatic rings. The number of likely N-dealkylation sites (tertiary alicyclic amines) is 1. The number of ether oxygens (including phenoxy) is 1. The Morgan fingerprint density at radius 3 is 2.52 bits per heavy atom. The first-order valence-corrected chi connectivity index (χ1v) is 8.04.